The maximum atomic E-state index is 10.2. The Hall–Kier alpha value is -1.13. The summed E-state index contributed by atoms with van der Waals surface area (Å²) in [5.41, 5.74) is 5.73. The van der Waals surface area contributed by atoms with Crippen molar-refractivity contribution >= 4 is 5.82 Å². The van der Waals surface area contributed by atoms with Crippen molar-refractivity contribution in [1.29, 1.82) is 0 Å². The monoisotopic (exact) mass is 210 g/mol. The van der Waals surface area contributed by atoms with Gasteiger partial charge in [-0.15, -0.1) is 0 Å². The summed E-state index contributed by atoms with van der Waals surface area (Å²) in [6.45, 7) is 2.26. The zero-order chi connectivity index (χ0) is 11.3. The van der Waals surface area contributed by atoms with Crippen molar-refractivity contribution in [2.75, 3.05) is 19.5 Å². The van der Waals surface area contributed by atoms with Crippen LogP contribution in [0, 0.1) is 0 Å². The van der Waals surface area contributed by atoms with Gasteiger partial charge in [-0.2, -0.15) is 0 Å². The number of pyridine rings is 1. The quantitative estimate of drug-likeness (QED) is 0.760. The van der Waals surface area contributed by atoms with Crippen molar-refractivity contribution in [3.8, 4) is 0 Å². The Labute approximate surface area is 90.1 Å². The summed E-state index contributed by atoms with van der Waals surface area (Å²) in [4.78, 5) is 3.91. The number of nitrogens with two attached hydrogens (primary N) is 1. The second-order valence-electron chi connectivity index (χ2n) is 3.78. The molecule has 15 heavy (non-hydrogen) atoms. The number of aromatic nitrogens is 1. The molecule has 1 heterocycles. The molecule has 0 fully saturated rings. The summed E-state index contributed by atoms with van der Waals surface area (Å²) in [6, 6.07) is 3.63. The summed E-state index contributed by atoms with van der Waals surface area (Å²) in [7, 11) is 1.58. The largest absolute Gasteiger partial charge is 0.387 e. The first-order valence-electron chi connectivity index (χ1n) is 5.01. The minimum absolute atomic E-state index is 0.325. The second-order valence-corrected chi connectivity index (χ2v) is 3.78. The number of aliphatic hydroxyl groups is 1. The van der Waals surface area contributed by atoms with E-state index in [1.54, 1.807) is 19.4 Å². The molecule has 0 aliphatic carbocycles. The lowest BCUT2D eigenvalue weighted by Crippen LogP contribution is -2.35. The van der Waals surface area contributed by atoms with Crippen molar-refractivity contribution in [3.05, 3.63) is 23.9 Å². The maximum absolute atomic E-state index is 10.2. The van der Waals surface area contributed by atoms with Gasteiger partial charge in [-0.1, -0.05) is 6.92 Å². The Kier molecular flexibility index (Phi) is 4.05. The minimum Gasteiger partial charge on any atom is -0.387 e. The molecular formula is C11H18N2O2. The molecule has 0 aliphatic rings. The van der Waals surface area contributed by atoms with E-state index in [1.165, 1.54) is 0 Å². The van der Waals surface area contributed by atoms with Crippen LogP contribution in [0.3, 0.4) is 0 Å². The number of hydrogen-bond acceptors (Lipinski definition) is 4. The first kappa shape index (κ1) is 11.9. The van der Waals surface area contributed by atoms with Crippen LogP contribution < -0.4 is 5.73 Å². The summed E-state index contributed by atoms with van der Waals surface area (Å²) < 4.78 is 5.00. The minimum atomic E-state index is -0.817. The lowest BCUT2D eigenvalue weighted by molar-refractivity contribution is -0.0333. The third-order valence-corrected chi connectivity index (χ3v) is 2.45. The van der Waals surface area contributed by atoms with E-state index in [0.29, 0.717) is 25.3 Å². The lowest BCUT2D eigenvalue weighted by atomic mass is 9.93. The van der Waals surface area contributed by atoms with Crippen LogP contribution in [-0.4, -0.2) is 29.4 Å². The van der Waals surface area contributed by atoms with Gasteiger partial charge in [0, 0.05) is 19.7 Å². The van der Waals surface area contributed by atoms with Gasteiger partial charge in [-0.05, 0) is 24.1 Å². The molecule has 1 aromatic rings. The van der Waals surface area contributed by atoms with E-state index in [0.717, 1.165) is 5.56 Å². The standard InChI is InChI=1S/C11H18N2O2/c1-3-11(14,8-15-2)7-9-4-5-13-10(12)6-9/h4-6,14H,3,7-8H2,1-2H3,(H2,12,13). The first-order chi connectivity index (χ1) is 7.09. The number of methoxy groups -OCH3 is 1. The maximum Gasteiger partial charge on any atom is 0.123 e. The molecule has 1 unspecified atom stereocenters. The number of hydrogen-bond donors (Lipinski definition) is 2. The second kappa shape index (κ2) is 5.09. The van der Waals surface area contributed by atoms with Gasteiger partial charge >= 0.3 is 0 Å². The van der Waals surface area contributed by atoms with E-state index in [1.807, 2.05) is 13.0 Å². The van der Waals surface area contributed by atoms with Crippen LogP contribution in [0.25, 0.3) is 0 Å². The van der Waals surface area contributed by atoms with Crippen LogP contribution in [0.4, 0.5) is 5.82 Å². The molecule has 3 N–H and O–H groups in total. The average molecular weight is 210 g/mol. The SMILES string of the molecule is CCC(O)(COC)Cc1ccnc(N)c1. The van der Waals surface area contributed by atoms with Crippen LogP contribution in [0.15, 0.2) is 18.3 Å². The van der Waals surface area contributed by atoms with Gasteiger partial charge in [0.15, 0.2) is 0 Å². The van der Waals surface area contributed by atoms with E-state index >= 15 is 0 Å². The fourth-order valence-corrected chi connectivity index (χ4v) is 1.53. The highest BCUT2D eigenvalue weighted by molar-refractivity contribution is 5.32. The Morgan fingerprint density at radius 2 is 2.33 bits per heavy atom. The van der Waals surface area contributed by atoms with Crippen molar-refractivity contribution in [2.45, 2.75) is 25.4 Å². The highest BCUT2D eigenvalue weighted by Gasteiger charge is 2.24. The van der Waals surface area contributed by atoms with Crippen molar-refractivity contribution in [3.63, 3.8) is 0 Å². The predicted molar refractivity (Wildman–Crippen MR) is 59.5 cm³/mol. The zero-order valence-corrected chi connectivity index (χ0v) is 9.23. The molecule has 0 amide bonds. The summed E-state index contributed by atoms with van der Waals surface area (Å²) in [5.74, 6) is 0.475. The highest BCUT2D eigenvalue weighted by Crippen LogP contribution is 2.18. The molecule has 0 saturated heterocycles. The van der Waals surface area contributed by atoms with E-state index in [-0.39, 0.29) is 0 Å². The summed E-state index contributed by atoms with van der Waals surface area (Å²) in [6.07, 6.45) is 2.82. The smallest absolute Gasteiger partial charge is 0.123 e. The van der Waals surface area contributed by atoms with Crippen LogP contribution in [0.5, 0.6) is 0 Å². The van der Waals surface area contributed by atoms with Gasteiger partial charge in [0.25, 0.3) is 0 Å². The molecule has 1 atom stereocenters. The van der Waals surface area contributed by atoms with Crippen molar-refractivity contribution < 1.29 is 9.84 Å². The fraction of sp³-hybridized carbons (Fsp3) is 0.545. The third-order valence-electron chi connectivity index (χ3n) is 2.45. The summed E-state index contributed by atoms with van der Waals surface area (Å²) in [5, 5.41) is 10.2. The van der Waals surface area contributed by atoms with Crippen molar-refractivity contribution in [2.24, 2.45) is 0 Å². The van der Waals surface area contributed by atoms with Gasteiger partial charge < -0.3 is 15.6 Å². The van der Waals surface area contributed by atoms with E-state index in [2.05, 4.69) is 4.98 Å². The number of rotatable bonds is 5. The fourth-order valence-electron chi connectivity index (χ4n) is 1.53. The highest BCUT2D eigenvalue weighted by atomic mass is 16.5. The van der Waals surface area contributed by atoms with Gasteiger partial charge in [0.1, 0.15) is 5.82 Å². The van der Waals surface area contributed by atoms with E-state index in [9.17, 15) is 5.11 Å². The molecule has 0 radical (unpaired) electrons. The zero-order valence-electron chi connectivity index (χ0n) is 9.23. The topological polar surface area (TPSA) is 68.4 Å². The lowest BCUT2D eigenvalue weighted by Gasteiger charge is -2.25. The Balaban J connectivity index is 2.74. The van der Waals surface area contributed by atoms with Gasteiger partial charge in [-0.25, -0.2) is 4.98 Å². The van der Waals surface area contributed by atoms with Gasteiger partial charge in [0.05, 0.1) is 12.2 Å². The first-order valence-corrected chi connectivity index (χ1v) is 5.01. The van der Waals surface area contributed by atoms with Gasteiger partial charge in [-0.3, -0.25) is 0 Å². The van der Waals surface area contributed by atoms with Gasteiger partial charge in [0.2, 0.25) is 0 Å². The van der Waals surface area contributed by atoms with Crippen LogP contribution in [-0.2, 0) is 11.2 Å². The van der Waals surface area contributed by atoms with Crippen molar-refractivity contribution in [1.82, 2.24) is 4.98 Å². The summed E-state index contributed by atoms with van der Waals surface area (Å²) >= 11 is 0. The van der Waals surface area contributed by atoms with E-state index < -0.39 is 5.60 Å². The molecule has 0 aromatic carbocycles. The van der Waals surface area contributed by atoms with Crippen LogP contribution >= 0.6 is 0 Å². The Morgan fingerprint density at radius 3 is 2.87 bits per heavy atom. The predicted octanol–water partition coefficient (Wildman–Crippen LogP) is 0.994. The molecule has 4 heteroatoms. The molecule has 0 aliphatic heterocycles. The number of ether oxygens (including phenoxy) is 1. The number of nitrogens with zero attached hydrogens (tertiary/aromatic N) is 1. The van der Waals surface area contributed by atoms with E-state index in [4.69, 9.17) is 10.5 Å². The van der Waals surface area contributed by atoms with Crippen LogP contribution in [0.2, 0.25) is 0 Å². The molecule has 1 aromatic heterocycles. The molecule has 4 nitrogen and oxygen atoms in total. The number of anilines is 1. The molecule has 0 bridgehead atoms. The Morgan fingerprint density at radius 1 is 1.60 bits per heavy atom. The van der Waals surface area contributed by atoms with Crippen LogP contribution in [0.1, 0.15) is 18.9 Å². The number of nitrogen functional groups attached to an aromatic ring is 1. The third kappa shape index (κ3) is 3.49. The molecule has 0 saturated carbocycles. The Bertz CT molecular complexity index is 317. The molecule has 1 rings (SSSR count). The normalized spacial score (nSPS) is 14.9. The molecular weight excluding hydrogens is 192 g/mol. The average Bonchev–Trinajstić information content (AvgIpc) is 2.18. The molecule has 84 valence electrons. The molecule has 0 spiro atoms.